The largest absolute Gasteiger partial charge is 0.496 e. The lowest BCUT2D eigenvalue weighted by molar-refractivity contribution is -0.385. The van der Waals surface area contributed by atoms with E-state index in [4.69, 9.17) is 9.47 Å². The molecule has 2 rings (SSSR count). The van der Waals surface area contributed by atoms with Gasteiger partial charge >= 0.3 is 5.69 Å². The van der Waals surface area contributed by atoms with Crippen molar-refractivity contribution in [2.45, 2.75) is 13.5 Å². The number of likely N-dealkylation sites (N-methyl/N-ethyl adjacent to an activating group) is 1. The number of nitrogens with zero attached hydrogens (tertiary/aromatic N) is 2. The van der Waals surface area contributed by atoms with Gasteiger partial charge in [0.15, 0.2) is 12.4 Å². The van der Waals surface area contributed by atoms with Gasteiger partial charge in [0.1, 0.15) is 5.75 Å². The molecular formula is C18H21N3O6S. The van der Waals surface area contributed by atoms with Crippen molar-refractivity contribution >= 4 is 28.8 Å². The van der Waals surface area contributed by atoms with Crippen LogP contribution in [0.2, 0.25) is 0 Å². The van der Waals surface area contributed by atoms with E-state index in [9.17, 15) is 19.7 Å². The van der Waals surface area contributed by atoms with Gasteiger partial charge in [-0.25, -0.2) is 0 Å². The summed E-state index contributed by atoms with van der Waals surface area (Å²) in [5.41, 5.74) is -0.302. The topological polar surface area (TPSA) is 111 Å². The SMILES string of the molecule is CCN(CC(=O)NCc1cccs1)C(=O)COc1ccc(OC)cc1[N+](=O)[O-]. The highest BCUT2D eigenvalue weighted by Crippen LogP contribution is 2.30. The molecule has 0 unspecified atom stereocenters. The van der Waals surface area contributed by atoms with Gasteiger partial charge in [-0.2, -0.15) is 0 Å². The van der Waals surface area contributed by atoms with Crippen LogP contribution in [0.15, 0.2) is 35.7 Å². The fraction of sp³-hybridized carbons (Fsp3) is 0.333. The minimum atomic E-state index is -0.613. The molecule has 0 saturated carbocycles. The lowest BCUT2D eigenvalue weighted by atomic mass is 10.3. The van der Waals surface area contributed by atoms with E-state index in [1.165, 1.54) is 41.5 Å². The molecule has 1 aromatic heterocycles. The van der Waals surface area contributed by atoms with Crippen molar-refractivity contribution in [2.75, 3.05) is 26.8 Å². The number of amides is 2. The van der Waals surface area contributed by atoms with Gasteiger partial charge < -0.3 is 19.7 Å². The number of nitro benzene ring substituents is 1. The van der Waals surface area contributed by atoms with E-state index in [0.717, 1.165) is 4.88 Å². The van der Waals surface area contributed by atoms with Crippen LogP contribution in [0.4, 0.5) is 5.69 Å². The zero-order chi connectivity index (χ0) is 20.5. The van der Waals surface area contributed by atoms with Crippen LogP contribution < -0.4 is 14.8 Å². The second kappa shape index (κ2) is 10.3. The van der Waals surface area contributed by atoms with Crippen molar-refractivity contribution in [1.82, 2.24) is 10.2 Å². The summed E-state index contributed by atoms with van der Waals surface area (Å²) in [6, 6.07) is 7.89. The molecule has 0 aliphatic carbocycles. The summed E-state index contributed by atoms with van der Waals surface area (Å²) in [5.74, 6) is -0.474. The first kappa shape index (κ1) is 21.2. The molecule has 0 fully saturated rings. The maximum Gasteiger partial charge on any atom is 0.314 e. The summed E-state index contributed by atoms with van der Waals surface area (Å²) in [6.45, 7) is 1.91. The van der Waals surface area contributed by atoms with E-state index in [1.54, 1.807) is 6.92 Å². The highest BCUT2D eigenvalue weighted by Gasteiger charge is 2.20. The quantitative estimate of drug-likeness (QED) is 0.477. The first-order valence-electron chi connectivity index (χ1n) is 8.46. The molecule has 0 aliphatic rings. The smallest absolute Gasteiger partial charge is 0.314 e. The molecule has 2 aromatic rings. The Bertz CT molecular complexity index is 825. The molecular weight excluding hydrogens is 386 g/mol. The van der Waals surface area contributed by atoms with Crippen LogP contribution in [0, 0.1) is 10.1 Å². The molecule has 0 atom stereocenters. The molecule has 10 heteroatoms. The second-order valence-electron chi connectivity index (χ2n) is 5.64. The third kappa shape index (κ3) is 5.95. The Hall–Kier alpha value is -3.14. The number of hydrogen-bond acceptors (Lipinski definition) is 7. The summed E-state index contributed by atoms with van der Waals surface area (Å²) in [5, 5.41) is 15.8. The number of nitro groups is 1. The summed E-state index contributed by atoms with van der Waals surface area (Å²) in [6.07, 6.45) is 0. The summed E-state index contributed by atoms with van der Waals surface area (Å²) < 4.78 is 10.3. The molecule has 0 saturated heterocycles. The first-order valence-corrected chi connectivity index (χ1v) is 9.34. The Labute approximate surface area is 166 Å². The lowest BCUT2D eigenvalue weighted by Crippen LogP contribution is -2.42. The molecule has 150 valence electrons. The monoisotopic (exact) mass is 407 g/mol. The molecule has 0 bridgehead atoms. The highest BCUT2D eigenvalue weighted by molar-refractivity contribution is 7.09. The first-order chi connectivity index (χ1) is 13.4. The zero-order valence-electron chi connectivity index (χ0n) is 15.5. The summed E-state index contributed by atoms with van der Waals surface area (Å²) >= 11 is 1.53. The van der Waals surface area contributed by atoms with Gasteiger partial charge in [0.05, 0.1) is 31.2 Å². The van der Waals surface area contributed by atoms with E-state index < -0.39 is 17.4 Å². The maximum absolute atomic E-state index is 12.3. The van der Waals surface area contributed by atoms with Crippen molar-refractivity contribution < 1.29 is 24.0 Å². The van der Waals surface area contributed by atoms with Crippen molar-refractivity contribution in [1.29, 1.82) is 0 Å². The van der Waals surface area contributed by atoms with Crippen molar-refractivity contribution in [2.24, 2.45) is 0 Å². The fourth-order valence-corrected chi connectivity index (χ4v) is 2.97. The second-order valence-corrected chi connectivity index (χ2v) is 6.68. The lowest BCUT2D eigenvalue weighted by Gasteiger charge is -2.20. The number of carbonyl (C=O) groups excluding carboxylic acids is 2. The van der Waals surface area contributed by atoms with E-state index in [2.05, 4.69) is 5.32 Å². The van der Waals surface area contributed by atoms with Crippen LogP contribution >= 0.6 is 11.3 Å². The van der Waals surface area contributed by atoms with Crippen molar-refractivity contribution in [3.05, 3.63) is 50.7 Å². The van der Waals surface area contributed by atoms with Gasteiger partial charge in [-0.3, -0.25) is 19.7 Å². The van der Waals surface area contributed by atoms with Gasteiger partial charge in [-0.05, 0) is 30.5 Å². The minimum absolute atomic E-state index is 0.0441. The molecule has 1 N–H and O–H groups in total. The summed E-state index contributed by atoms with van der Waals surface area (Å²) in [7, 11) is 1.39. The summed E-state index contributed by atoms with van der Waals surface area (Å²) in [4.78, 5) is 37.3. The number of rotatable bonds is 10. The van der Waals surface area contributed by atoms with Gasteiger partial charge in [0.25, 0.3) is 5.91 Å². The number of methoxy groups -OCH3 is 1. The van der Waals surface area contributed by atoms with Crippen molar-refractivity contribution in [3.63, 3.8) is 0 Å². The number of nitrogens with one attached hydrogen (secondary N) is 1. The van der Waals surface area contributed by atoms with E-state index in [-0.39, 0.29) is 23.9 Å². The number of benzene rings is 1. The normalized spacial score (nSPS) is 10.2. The molecule has 9 nitrogen and oxygen atoms in total. The molecule has 1 heterocycles. The predicted octanol–water partition coefficient (Wildman–Crippen LogP) is 2.21. The van der Waals surface area contributed by atoms with Gasteiger partial charge in [0.2, 0.25) is 5.91 Å². The molecule has 0 aliphatic heterocycles. The number of hydrogen-bond donors (Lipinski definition) is 1. The van der Waals surface area contributed by atoms with E-state index >= 15 is 0 Å². The Morgan fingerprint density at radius 2 is 2.11 bits per heavy atom. The number of ether oxygens (including phenoxy) is 2. The van der Waals surface area contributed by atoms with E-state index in [1.807, 2.05) is 17.5 Å². The number of carbonyl (C=O) groups is 2. The fourth-order valence-electron chi connectivity index (χ4n) is 2.32. The maximum atomic E-state index is 12.3. The van der Waals surface area contributed by atoms with Crippen LogP contribution in [0.1, 0.15) is 11.8 Å². The minimum Gasteiger partial charge on any atom is -0.496 e. The molecule has 0 radical (unpaired) electrons. The van der Waals surface area contributed by atoms with Gasteiger partial charge in [-0.1, -0.05) is 6.07 Å². The Kier molecular flexibility index (Phi) is 7.76. The van der Waals surface area contributed by atoms with Gasteiger partial charge in [0, 0.05) is 11.4 Å². The van der Waals surface area contributed by atoms with Crippen LogP contribution in [0.3, 0.4) is 0 Å². The van der Waals surface area contributed by atoms with Crippen LogP contribution in [0.5, 0.6) is 11.5 Å². The third-order valence-corrected chi connectivity index (χ3v) is 4.70. The predicted molar refractivity (Wildman–Crippen MR) is 104 cm³/mol. The standard InChI is InChI=1S/C18H21N3O6S/c1-3-20(11-17(22)19-10-14-5-4-8-28-14)18(23)12-27-16-7-6-13(26-2)9-15(16)21(24)25/h4-9H,3,10-12H2,1-2H3,(H,19,22). The Balaban J connectivity index is 1.91. The Morgan fingerprint density at radius 3 is 2.71 bits per heavy atom. The van der Waals surface area contributed by atoms with Gasteiger partial charge in [-0.15, -0.1) is 11.3 Å². The van der Waals surface area contributed by atoms with E-state index in [0.29, 0.717) is 18.8 Å². The van der Waals surface area contributed by atoms with Crippen LogP contribution in [0.25, 0.3) is 0 Å². The molecule has 2 amide bonds. The number of thiophene rings is 1. The molecule has 28 heavy (non-hydrogen) atoms. The average Bonchev–Trinajstić information content (AvgIpc) is 3.22. The van der Waals surface area contributed by atoms with Crippen LogP contribution in [-0.2, 0) is 16.1 Å². The average molecular weight is 407 g/mol. The highest BCUT2D eigenvalue weighted by atomic mass is 32.1. The zero-order valence-corrected chi connectivity index (χ0v) is 16.4. The Morgan fingerprint density at radius 1 is 1.32 bits per heavy atom. The molecule has 1 aromatic carbocycles. The van der Waals surface area contributed by atoms with Crippen LogP contribution in [-0.4, -0.2) is 48.4 Å². The third-order valence-electron chi connectivity index (χ3n) is 3.82. The van der Waals surface area contributed by atoms with Crippen molar-refractivity contribution in [3.8, 4) is 11.5 Å². The molecule has 0 spiro atoms.